The van der Waals surface area contributed by atoms with Crippen molar-refractivity contribution >= 4 is 23.4 Å². The lowest BCUT2D eigenvalue weighted by molar-refractivity contribution is -0.113. The number of hydrogen-bond acceptors (Lipinski definition) is 5. The first-order chi connectivity index (χ1) is 12.2. The van der Waals surface area contributed by atoms with Crippen LogP contribution in [-0.4, -0.2) is 26.4 Å². The number of benzene rings is 2. The van der Waals surface area contributed by atoms with Crippen molar-refractivity contribution in [1.29, 1.82) is 5.26 Å². The number of hydrogen-bond donors (Lipinski definition) is 1. The van der Waals surface area contributed by atoms with E-state index in [1.165, 1.54) is 18.1 Å². The smallest absolute Gasteiger partial charge is 0.234 e. The van der Waals surface area contributed by atoms with E-state index in [-0.39, 0.29) is 11.9 Å². The quantitative estimate of drug-likeness (QED) is 0.788. The predicted molar refractivity (Wildman–Crippen MR) is 94.2 cm³/mol. The van der Waals surface area contributed by atoms with Gasteiger partial charge in [-0.15, -0.1) is 11.8 Å². The fourth-order valence-electron chi connectivity index (χ4n) is 2.85. The number of nitriles is 1. The van der Waals surface area contributed by atoms with Gasteiger partial charge in [-0.2, -0.15) is 10.4 Å². The highest BCUT2D eigenvalue weighted by molar-refractivity contribution is 8.00. The SMILES string of the molecule is N#Cc1ccc(C(c2ccc3c(c2)SCC(=O)N3)n2cncn2)cc1. The second kappa shape index (κ2) is 6.42. The van der Waals surface area contributed by atoms with E-state index in [4.69, 9.17) is 5.26 Å². The second-order valence-corrected chi connectivity index (χ2v) is 6.62. The maximum atomic E-state index is 11.5. The maximum Gasteiger partial charge on any atom is 0.234 e. The molecule has 0 saturated carbocycles. The van der Waals surface area contributed by atoms with Crippen LogP contribution in [0.4, 0.5) is 5.69 Å². The first kappa shape index (κ1) is 15.4. The largest absolute Gasteiger partial charge is 0.324 e. The molecule has 1 N–H and O–H groups in total. The highest BCUT2D eigenvalue weighted by Gasteiger charge is 2.21. The van der Waals surface area contributed by atoms with Gasteiger partial charge in [-0.05, 0) is 35.4 Å². The van der Waals surface area contributed by atoms with Crippen molar-refractivity contribution in [2.24, 2.45) is 0 Å². The van der Waals surface area contributed by atoms with Gasteiger partial charge >= 0.3 is 0 Å². The summed E-state index contributed by atoms with van der Waals surface area (Å²) in [5, 5.41) is 16.2. The van der Waals surface area contributed by atoms with Gasteiger partial charge in [0.2, 0.25) is 5.91 Å². The standard InChI is InChI=1S/C18H13N5OS/c19-8-12-1-3-13(4-2-12)18(23-11-20-10-21-23)14-5-6-15-16(7-14)25-9-17(24)22-15/h1-7,10-11,18H,9H2,(H,22,24). The molecule has 3 aromatic rings. The van der Waals surface area contributed by atoms with E-state index in [1.807, 2.05) is 24.3 Å². The Morgan fingerprint density at radius 2 is 2.00 bits per heavy atom. The predicted octanol–water partition coefficient (Wildman–Crippen LogP) is 2.83. The minimum absolute atomic E-state index is 0.0187. The van der Waals surface area contributed by atoms with Gasteiger partial charge in [0.15, 0.2) is 0 Å². The fourth-order valence-corrected chi connectivity index (χ4v) is 3.70. The summed E-state index contributed by atoms with van der Waals surface area (Å²) in [6.45, 7) is 0. The molecule has 1 aromatic heterocycles. The molecular formula is C18H13N5OS. The van der Waals surface area contributed by atoms with Gasteiger partial charge in [0, 0.05) is 4.90 Å². The minimum Gasteiger partial charge on any atom is -0.324 e. The Morgan fingerprint density at radius 1 is 1.20 bits per heavy atom. The number of nitrogens with one attached hydrogen (secondary N) is 1. The summed E-state index contributed by atoms with van der Waals surface area (Å²) < 4.78 is 1.79. The van der Waals surface area contributed by atoms with Crippen LogP contribution in [0.25, 0.3) is 0 Å². The molecule has 1 aliphatic heterocycles. The van der Waals surface area contributed by atoms with Crippen LogP contribution in [0.3, 0.4) is 0 Å². The normalized spacial score (nSPS) is 14.3. The van der Waals surface area contributed by atoms with Gasteiger partial charge in [0.1, 0.15) is 18.7 Å². The molecule has 0 aliphatic carbocycles. The van der Waals surface area contributed by atoms with Crippen LogP contribution in [0.15, 0.2) is 60.0 Å². The van der Waals surface area contributed by atoms with Crippen LogP contribution < -0.4 is 5.32 Å². The van der Waals surface area contributed by atoms with Gasteiger partial charge in [-0.3, -0.25) is 4.79 Å². The lowest BCUT2D eigenvalue weighted by atomic mass is 9.97. The van der Waals surface area contributed by atoms with Crippen LogP contribution in [0.2, 0.25) is 0 Å². The van der Waals surface area contributed by atoms with Crippen molar-refractivity contribution in [3.63, 3.8) is 0 Å². The number of carbonyl (C=O) groups excluding carboxylic acids is 1. The molecule has 6 nitrogen and oxygen atoms in total. The molecule has 2 aromatic carbocycles. The molecule has 2 heterocycles. The van der Waals surface area contributed by atoms with Crippen molar-refractivity contribution in [3.05, 3.63) is 71.8 Å². The molecule has 0 saturated heterocycles. The van der Waals surface area contributed by atoms with Crippen molar-refractivity contribution in [2.45, 2.75) is 10.9 Å². The lowest BCUT2D eigenvalue weighted by Crippen LogP contribution is -2.19. The summed E-state index contributed by atoms with van der Waals surface area (Å²) in [6, 6.07) is 15.4. The van der Waals surface area contributed by atoms with Gasteiger partial charge < -0.3 is 5.32 Å². The van der Waals surface area contributed by atoms with Crippen molar-refractivity contribution in [2.75, 3.05) is 11.1 Å². The summed E-state index contributed by atoms with van der Waals surface area (Å²) in [5.74, 6) is 0.437. The number of fused-ring (bicyclic) bond motifs is 1. The van der Waals surface area contributed by atoms with E-state index in [1.54, 1.807) is 23.1 Å². The summed E-state index contributed by atoms with van der Waals surface area (Å²) in [5.41, 5.74) is 3.50. The zero-order valence-electron chi connectivity index (χ0n) is 13.1. The summed E-state index contributed by atoms with van der Waals surface area (Å²) >= 11 is 1.53. The lowest BCUT2D eigenvalue weighted by Gasteiger charge is -2.22. The second-order valence-electron chi connectivity index (χ2n) is 5.60. The maximum absolute atomic E-state index is 11.5. The van der Waals surface area contributed by atoms with E-state index in [0.717, 1.165) is 21.7 Å². The van der Waals surface area contributed by atoms with Gasteiger partial charge in [-0.1, -0.05) is 18.2 Å². The van der Waals surface area contributed by atoms with Crippen LogP contribution >= 0.6 is 11.8 Å². The third-order valence-electron chi connectivity index (χ3n) is 4.01. The molecule has 1 aliphatic rings. The van der Waals surface area contributed by atoms with E-state index in [0.29, 0.717) is 11.3 Å². The zero-order valence-corrected chi connectivity index (χ0v) is 13.9. The van der Waals surface area contributed by atoms with Crippen LogP contribution in [-0.2, 0) is 4.79 Å². The molecule has 7 heteroatoms. The van der Waals surface area contributed by atoms with Crippen molar-refractivity contribution in [3.8, 4) is 6.07 Å². The van der Waals surface area contributed by atoms with Crippen molar-refractivity contribution in [1.82, 2.24) is 14.8 Å². The molecule has 0 fully saturated rings. The third kappa shape index (κ3) is 2.99. The molecule has 0 spiro atoms. The number of carbonyl (C=O) groups is 1. The number of thioether (sulfide) groups is 1. The first-order valence-electron chi connectivity index (χ1n) is 7.65. The monoisotopic (exact) mass is 347 g/mol. The highest BCUT2D eigenvalue weighted by atomic mass is 32.2. The molecule has 1 atom stereocenters. The van der Waals surface area contributed by atoms with E-state index in [2.05, 4.69) is 27.5 Å². The Labute approximate surface area is 148 Å². The van der Waals surface area contributed by atoms with Crippen LogP contribution in [0.5, 0.6) is 0 Å². The molecule has 0 radical (unpaired) electrons. The number of nitrogens with zero attached hydrogens (tertiary/aromatic N) is 4. The Morgan fingerprint density at radius 3 is 2.72 bits per heavy atom. The summed E-state index contributed by atoms with van der Waals surface area (Å²) in [4.78, 5) is 16.6. The first-order valence-corrected chi connectivity index (χ1v) is 8.64. The number of aromatic nitrogens is 3. The van der Waals surface area contributed by atoms with E-state index in [9.17, 15) is 4.79 Å². The van der Waals surface area contributed by atoms with Gasteiger partial charge in [0.25, 0.3) is 0 Å². The molecular weight excluding hydrogens is 334 g/mol. The van der Waals surface area contributed by atoms with E-state index < -0.39 is 0 Å². The Hall–Kier alpha value is -3.11. The molecule has 4 rings (SSSR count). The highest BCUT2D eigenvalue weighted by Crippen LogP contribution is 2.35. The molecule has 0 bridgehead atoms. The molecule has 122 valence electrons. The minimum atomic E-state index is -0.154. The fraction of sp³-hybridized carbons (Fsp3) is 0.111. The van der Waals surface area contributed by atoms with Crippen molar-refractivity contribution < 1.29 is 4.79 Å². The van der Waals surface area contributed by atoms with Gasteiger partial charge in [-0.25, -0.2) is 9.67 Å². The Bertz CT molecular complexity index is 960. The molecule has 1 amide bonds. The third-order valence-corrected chi connectivity index (χ3v) is 5.07. The average molecular weight is 347 g/mol. The summed E-state index contributed by atoms with van der Waals surface area (Å²) in [7, 11) is 0. The number of anilines is 1. The Kier molecular flexibility index (Phi) is 3.96. The molecule has 25 heavy (non-hydrogen) atoms. The average Bonchev–Trinajstić information content (AvgIpc) is 3.17. The zero-order chi connectivity index (χ0) is 17.2. The van der Waals surface area contributed by atoms with Gasteiger partial charge in [0.05, 0.1) is 23.1 Å². The van der Waals surface area contributed by atoms with E-state index >= 15 is 0 Å². The van der Waals surface area contributed by atoms with Crippen LogP contribution in [0, 0.1) is 11.3 Å². The Balaban J connectivity index is 1.79. The molecule has 1 unspecified atom stereocenters. The number of rotatable bonds is 3. The van der Waals surface area contributed by atoms with Crippen LogP contribution in [0.1, 0.15) is 22.7 Å². The number of amides is 1. The topological polar surface area (TPSA) is 83.6 Å². The summed E-state index contributed by atoms with van der Waals surface area (Å²) in [6.07, 6.45) is 3.18.